The molecule has 0 radical (unpaired) electrons. The van der Waals surface area contributed by atoms with Gasteiger partial charge in [-0.25, -0.2) is 9.97 Å². The second-order valence-electron chi connectivity index (χ2n) is 4.52. The Kier molecular flexibility index (Phi) is 3.05. The highest BCUT2D eigenvalue weighted by Crippen LogP contribution is 2.20. The van der Waals surface area contributed by atoms with E-state index in [1.165, 1.54) is 0 Å². The van der Waals surface area contributed by atoms with Gasteiger partial charge in [0.05, 0.1) is 22.6 Å². The first kappa shape index (κ1) is 12.2. The number of nitrogens with zero attached hydrogens (tertiary/aromatic N) is 3. The molecule has 0 amide bonds. The van der Waals surface area contributed by atoms with E-state index < -0.39 is 0 Å². The number of rotatable bonds is 3. The molecule has 2 aromatic heterocycles. The predicted octanol–water partition coefficient (Wildman–Crippen LogP) is 3.00. The van der Waals surface area contributed by atoms with Crippen molar-refractivity contribution in [1.29, 1.82) is 5.26 Å². The largest absolute Gasteiger partial charge is 0.359 e. The molecule has 3 aromatic rings. The fourth-order valence-electron chi connectivity index (χ4n) is 2.06. The van der Waals surface area contributed by atoms with Gasteiger partial charge >= 0.3 is 0 Å². The number of pyridine rings is 1. The van der Waals surface area contributed by atoms with Gasteiger partial charge in [0.1, 0.15) is 17.7 Å². The van der Waals surface area contributed by atoms with E-state index in [1.807, 2.05) is 31.2 Å². The Balaban J connectivity index is 1.89. The van der Waals surface area contributed by atoms with Crippen molar-refractivity contribution in [2.75, 3.05) is 5.32 Å². The number of nitriles is 1. The molecule has 0 saturated heterocycles. The van der Waals surface area contributed by atoms with Gasteiger partial charge in [0, 0.05) is 6.20 Å². The van der Waals surface area contributed by atoms with Crippen LogP contribution in [0, 0.1) is 11.3 Å². The van der Waals surface area contributed by atoms with Gasteiger partial charge in [-0.3, -0.25) is 0 Å². The number of para-hydroxylation sites is 2. The van der Waals surface area contributed by atoms with Crippen molar-refractivity contribution in [2.24, 2.45) is 0 Å². The molecule has 2 N–H and O–H groups in total. The minimum Gasteiger partial charge on any atom is -0.359 e. The number of hydrogen-bond donors (Lipinski definition) is 2. The molecule has 0 saturated carbocycles. The third-order valence-corrected chi connectivity index (χ3v) is 3.10. The third-order valence-electron chi connectivity index (χ3n) is 3.10. The van der Waals surface area contributed by atoms with Crippen LogP contribution in [0.25, 0.3) is 11.0 Å². The van der Waals surface area contributed by atoms with Gasteiger partial charge in [-0.1, -0.05) is 12.1 Å². The maximum Gasteiger partial charge on any atom is 0.144 e. The molecule has 0 aliphatic heterocycles. The van der Waals surface area contributed by atoms with E-state index in [1.54, 1.807) is 18.3 Å². The van der Waals surface area contributed by atoms with Crippen molar-refractivity contribution in [3.05, 3.63) is 54.0 Å². The fraction of sp³-hybridized carbons (Fsp3) is 0.133. The van der Waals surface area contributed by atoms with Crippen LogP contribution < -0.4 is 5.32 Å². The highest BCUT2D eigenvalue weighted by atomic mass is 15.1. The number of anilines is 1. The van der Waals surface area contributed by atoms with Gasteiger partial charge in [-0.15, -0.1) is 0 Å². The summed E-state index contributed by atoms with van der Waals surface area (Å²) in [6.07, 6.45) is 1.66. The highest BCUT2D eigenvalue weighted by Gasteiger charge is 2.12. The summed E-state index contributed by atoms with van der Waals surface area (Å²) in [6.45, 7) is 1.98. The molecule has 0 bridgehead atoms. The molecule has 1 atom stereocenters. The smallest absolute Gasteiger partial charge is 0.144 e. The van der Waals surface area contributed by atoms with Crippen LogP contribution in [0.15, 0.2) is 42.6 Å². The van der Waals surface area contributed by atoms with Crippen LogP contribution in [0.4, 0.5) is 5.82 Å². The average Bonchev–Trinajstić information content (AvgIpc) is 2.92. The normalized spacial score (nSPS) is 12.0. The Morgan fingerprint density at radius 3 is 2.90 bits per heavy atom. The number of hydrogen-bond acceptors (Lipinski definition) is 4. The maximum atomic E-state index is 9.06. The van der Waals surface area contributed by atoms with Crippen molar-refractivity contribution >= 4 is 16.9 Å². The Morgan fingerprint density at radius 1 is 1.25 bits per heavy atom. The van der Waals surface area contributed by atoms with E-state index in [-0.39, 0.29) is 6.04 Å². The number of imidazole rings is 1. The van der Waals surface area contributed by atoms with Crippen LogP contribution in [0.5, 0.6) is 0 Å². The van der Waals surface area contributed by atoms with E-state index >= 15 is 0 Å². The Morgan fingerprint density at radius 2 is 2.10 bits per heavy atom. The molecule has 0 spiro atoms. The molecule has 0 aliphatic rings. The zero-order chi connectivity index (χ0) is 13.9. The zero-order valence-corrected chi connectivity index (χ0v) is 11.0. The van der Waals surface area contributed by atoms with Gasteiger partial charge in [0.25, 0.3) is 0 Å². The maximum absolute atomic E-state index is 9.06. The summed E-state index contributed by atoms with van der Waals surface area (Å²) in [6, 6.07) is 13.4. The molecule has 0 fully saturated rings. The number of benzene rings is 1. The monoisotopic (exact) mass is 263 g/mol. The van der Waals surface area contributed by atoms with Crippen LogP contribution in [-0.4, -0.2) is 15.0 Å². The predicted molar refractivity (Wildman–Crippen MR) is 77.1 cm³/mol. The van der Waals surface area contributed by atoms with E-state index in [2.05, 4.69) is 26.3 Å². The minimum atomic E-state index is -0.0654. The molecule has 1 aromatic carbocycles. The standard InChI is InChI=1S/C15H13N5/c1-10(18-15-11(9-16)5-4-8-17-15)14-19-12-6-2-3-7-13(12)20-14/h2-8,10H,1H3,(H,17,18)(H,19,20). The SMILES string of the molecule is CC(Nc1ncccc1C#N)c1nc2ccccc2[nH]1. The summed E-state index contributed by atoms with van der Waals surface area (Å²) in [7, 11) is 0. The molecule has 2 heterocycles. The van der Waals surface area contributed by atoms with Crippen LogP contribution in [0.3, 0.4) is 0 Å². The molecule has 98 valence electrons. The lowest BCUT2D eigenvalue weighted by molar-refractivity contribution is 0.808. The Bertz CT molecular complexity index is 751. The molecule has 5 heteroatoms. The van der Waals surface area contributed by atoms with Gasteiger partial charge in [0.2, 0.25) is 0 Å². The summed E-state index contributed by atoms with van der Waals surface area (Å²) < 4.78 is 0. The van der Waals surface area contributed by atoms with Crippen molar-refractivity contribution in [3.8, 4) is 6.07 Å². The second-order valence-corrected chi connectivity index (χ2v) is 4.52. The Hall–Kier alpha value is -2.87. The zero-order valence-electron chi connectivity index (χ0n) is 11.0. The number of aromatic amines is 1. The number of nitrogens with one attached hydrogen (secondary N) is 2. The van der Waals surface area contributed by atoms with Crippen LogP contribution in [0.2, 0.25) is 0 Å². The molecule has 5 nitrogen and oxygen atoms in total. The lowest BCUT2D eigenvalue weighted by atomic mass is 10.2. The van der Waals surface area contributed by atoms with Gasteiger partial charge in [-0.05, 0) is 31.2 Å². The molecule has 3 rings (SSSR count). The number of H-pyrrole nitrogens is 1. The van der Waals surface area contributed by atoms with Crippen LogP contribution >= 0.6 is 0 Å². The first-order chi connectivity index (χ1) is 9.78. The van der Waals surface area contributed by atoms with Gasteiger partial charge in [-0.2, -0.15) is 5.26 Å². The van der Waals surface area contributed by atoms with Crippen LogP contribution in [0.1, 0.15) is 24.4 Å². The van der Waals surface area contributed by atoms with E-state index in [4.69, 9.17) is 5.26 Å². The van der Waals surface area contributed by atoms with Crippen LogP contribution in [-0.2, 0) is 0 Å². The summed E-state index contributed by atoms with van der Waals surface area (Å²) in [5.74, 6) is 1.39. The first-order valence-corrected chi connectivity index (χ1v) is 6.34. The van der Waals surface area contributed by atoms with Gasteiger partial charge in [0.15, 0.2) is 0 Å². The lowest BCUT2D eigenvalue weighted by Gasteiger charge is -2.12. The second kappa shape index (κ2) is 5.02. The third kappa shape index (κ3) is 2.19. The summed E-state index contributed by atoms with van der Waals surface area (Å²) >= 11 is 0. The summed E-state index contributed by atoms with van der Waals surface area (Å²) in [5.41, 5.74) is 2.45. The molecule has 0 aliphatic carbocycles. The molecular formula is C15H13N5. The molecule has 1 unspecified atom stereocenters. The minimum absolute atomic E-state index is 0.0654. The van der Waals surface area contributed by atoms with Crippen molar-refractivity contribution in [2.45, 2.75) is 13.0 Å². The topological polar surface area (TPSA) is 77.4 Å². The number of fused-ring (bicyclic) bond motifs is 1. The molecule has 20 heavy (non-hydrogen) atoms. The Labute approximate surface area is 116 Å². The summed E-state index contributed by atoms with van der Waals surface area (Å²) in [4.78, 5) is 12.0. The highest BCUT2D eigenvalue weighted by molar-refractivity contribution is 5.74. The van der Waals surface area contributed by atoms with E-state index in [0.29, 0.717) is 11.4 Å². The van der Waals surface area contributed by atoms with E-state index in [9.17, 15) is 0 Å². The molecular weight excluding hydrogens is 250 g/mol. The quantitative estimate of drug-likeness (QED) is 0.761. The fourth-order valence-corrected chi connectivity index (χ4v) is 2.06. The van der Waals surface area contributed by atoms with Crippen molar-refractivity contribution in [1.82, 2.24) is 15.0 Å². The first-order valence-electron chi connectivity index (χ1n) is 6.34. The van der Waals surface area contributed by atoms with Crippen molar-refractivity contribution in [3.63, 3.8) is 0 Å². The summed E-state index contributed by atoms with van der Waals surface area (Å²) in [5, 5.41) is 12.3. The number of aromatic nitrogens is 3. The van der Waals surface area contributed by atoms with Gasteiger partial charge < -0.3 is 10.3 Å². The average molecular weight is 263 g/mol. The lowest BCUT2D eigenvalue weighted by Crippen LogP contribution is -2.10. The van der Waals surface area contributed by atoms with E-state index in [0.717, 1.165) is 16.9 Å². The van der Waals surface area contributed by atoms with Crippen molar-refractivity contribution < 1.29 is 0 Å².